The molecule has 0 N–H and O–H groups in total. The molecular formula is C15H26N2O2. The topological polar surface area (TPSA) is 32.8 Å². The molecule has 0 aromatic carbocycles. The van der Waals surface area contributed by atoms with Gasteiger partial charge >= 0.3 is 0 Å². The van der Waals surface area contributed by atoms with E-state index in [4.69, 9.17) is 4.74 Å². The number of fused-ring (bicyclic) bond motifs is 1. The smallest absolute Gasteiger partial charge is 0.222 e. The normalized spacial score (nSPS) is 35.8. The van der Waals surface area contributed by atoms with Gasteiger partial charge in [0, 0.05) is 38.2 Å². The fraction of sp³-hybridized carbons (Fsp3) is 0.933. The van der Waals surface area contributed by atoms with Gasteiger partial charge in [0.1, 0.15) is 0 Å². The van der Waals surface area contributed by atoms with Crippen LogP contribution in [0.2, 0.25) is 0 Å². The summed E-state index contributed by atoms with van der Waals surface area (Å²) in [6.07, 6.45) is 8.19. The fourth-order valence-corrected chi connectivity index (χ4v) is 3.77. The number of hydrogen-bond acceptors (Lipinski definition) is 3. The first-order chi connectivity index (χ1) is 9.24. The van der Waals surface area contributed by atoms with E-state index in [1.807, 2.05) is 0 Å². The highest BCUT2D eigenvalue weighted by atomic mass is 16.5. The maximum Gasteiger partial charge on any atom is 0.222 e. The largest absolute Gasteiger partial charge is 0.377 e. The molecule has 19 heavy (non-hydrogen) atoms. The molecule has 4 heteroatoms. The molecule has 0 saturated carbocycles. The number of amides is 1. The van der Waals surface area contributed by atoms with E-state index in [0.717, 1.165) is 39.0 Å². The van der Waals surface area contributed by atoms with Crippen molar-refractivity contribution >= 4 is 5.91 Å². The summed E-state index contributed by atoms with van der Waals surface area (Å²) >= 11 is 0. The lowest BCUT2D eigenvalue weighted by Gasteiger charge is -2.38. The highest BCUT2D eigenvalue weighted by Gasteiger charge is 2.34. The van der Waals surface area contributed by atoms with E-state index in [9.17, 15) is 4.79 Å². The van der Waals surface area contributed by atoms with E-state index in [1.165, 1.54) is 25.7 Å². The van der Waals surface area contributed by atoms with E-state index < -0.39 is 0 Å². The molecule has 3 rings (SSSR count). The highest BCUT2D eigenvalue weighted by Crippen LogP contribution is 2.29. The molecule has 0 spiro atoms. The summed E-state index contributed by atoms with van der Waals surface area (Å²) in [7, 11) is 2.23. The first-order valence-electron chi connectivity index (χ1n) is 7.85. The average Bonchev–Trinajstić information content (AvgIpc) is 2.77. The lowest BCUT2D eigenvalue weighted by atomic mass is 9.95. The van der Waals surface area contributed by atoms with Crippen molar-refractivity contribution in [2.45, 2.75) is 63.1 Å². The van der Waals surface area contributed by atoms with Crippen molar-refractivity contribution in [3.05, 3.63) is 0 Å². The Hall–Kier alpha value is -0.610. The number of nitrogens with zero attached hydrogens (tertiary/aromatic N) is 2. The van der Waals surface area contributed by atoms with Crippen molar-refractivity contribution in [3.8, 4) is 0 Å². The summed E-state index contributed by atoms with van der Waals surface area (Å²) in [5.74, 6) is 0.394. The van der Waals surface area contributed by atoms with E-state index in [1.54, 1.807) is 0 Å². The Balaban J connectivity index is 1.59. The summed E-state index contributed by atoms with van der Waals surface area (Å²) in [5.41, 5.74) is 0. The van der Waals surface area contributed by atoms with Crippen LogP contribution >= 0.6 is 0 Å². The van der Waals surface area contributed by atoms with Gasteiger partial charge < -0.3 is 14.5 Å². The van der Waals surface area contributed by atoms with Crippen molar-refractivity contribution in [2.24, 2.45) is 0 Å². The Morgan fingerprint density at radius 3 is 2.89 bits per heavy atom. The van der Waals surface area contributed by atoms with E-state index in [2.05, 4.69) is 16.8 Å². The van der Waals surface area contributed by atoms with Crippen LogP contribution < -0.4 is 0 Å². The SMILES string of the molecule is CN(CC1CCO1)C1CCCC(=O)N2CCC[C@@H]2C1. The van der Waals surface area contributed by atoms with E-state index in [-0.39, 0.29) is 0 Å². The molecule has 108 valence electrons. The van der Waals surface area contributed by atoms with Crippen molar-refractivity contribution in [1.29, 1.82) is 0 Å². The summed E-state index contributed by atoms with van der Waals surface area (Å²) in [5, 5.41) is 0. The minimum absolute atomic E-state index is 0.394. The molecule has 0 aromatic rings. The Labute approximate surface area is 116 Å². The summed E-state index contributed by atoms with van der Waals surface area (Å²) in [6, 6.07) is 1.13. The van der Waals surface area contributed by atoms with Crippen LogP contribution in [-0.4, -0.2) is 60.6 Å². The first-order valence-corrected chi connectivity index (χ1v) is 7.85. The van der Waals surface area contributed by atoms with Gasteiger partial charge in [-0.15, -0.1) is 0 Å². The van der Waals surface area contributed by atoms with Crippen LogP contribution in [0, 0.1) is 0 Å². The molecular weight excluding hydrogens is 240 g/mol. The van der Waals surface area contributed by atoms with Gasteiger partial charge in [-0.3, -0.25) is 4.79 Å². The van der Waals surface area contributed by atoms with Crippen LogP contribution in [0.4, 0.5) is 0 Å². The molecule has 1 amide bonds. The van der Waals surface area contributed by atoms with Gasteiger partial charge in [-0.25, -0.2) is 0 Å². The van der Waals surface area contributed by atoms with Crippen LogP contribution in [0.3, 0.4) is 0 Å². The predicted molar refractivity (Wildman–Crippen MR) is 74.0 cm³/mol. The molecule has 0 aliphatic carbocycles. The fourth-order valence-electron chi connectivity index (χ4n) is 3.77. The van der Waals surface area contributed by atoms with Gasteiger partial charge in [-0.1, -0.05) is 0 Å². The average molecular weight is 266 g/mol. The summed E-state index contributed by atoms with van der Waals surface area (Å²) in [4.78, 5) is 16.7. The second-order valence-electron chi connectivity index (χ2n) is 6.39. The van der Waals surface area contributed by atoms with Crippen molar-refractivity contribution in [1.82, 2.24) is 9.80 Å². The zero-order valence-corrected chi connectivity index (χ0v) is 12.0. The Morgan fingerprint density at radius 1 is 1.32 bits per heavy atom. The van der Waals surface area contributed by atoms with Gasteiger partial charge in [0.05, 0.1) is 6.10 Å². The van der Waals surface area contributed by atoms with Crippen LogP contribution in [0.25, 0.3) is 0 Å². The van der Waals surface area contributed by atoms with Gasteiger partial charge in [0.25, 0.3) is 0 Å². The van der Waals surface area contributed by atoms with Gasteiger partial charge in [0.2, 0.25) is 5.91 Å². The highest BCUT2D eigenvalue weighted by molar-refractivity contribution is 5.76. The zero-order valence-electron chi connectivity index (χ0n) is 12.0. The molecule has 3 saturated heterocycles. The van der Waals surface area contributed by atoms with E-state index >= 15 is 0 Å². The maximum atomic E-state index is 12.1. The maximum absolute atomic E-state index is 12.1. The van der Waals surface area contributed by atoms with Gasteiger partial charge in [-0.2, -0.15) is 0 Å². The quantitative estimate of drug-likeness (QED) is 0.778. The number of carbonyl (C=O) groups is 1. The summed E-state index contributed by atoms with van der Waals surface area (Å²) < 4.78 is 5.55. The third-order valence-electron chi connectivity index (χ3n) is 5.08. The standard InChI is InChI=1S/C15H26N2O2/c1-16(11-14-7-9-19-14)12-4-2-6-15(18)17-8-3-5-13(17)10-12/h12-14H,2-11H2,1H3/t12?,13-,14?/m1/s1. The van der Waals surface area contributed by atoms with Crippen LogP contribution in [0.15, 0.2) is 0 Å². The van der Waals surface area contributed by atoms with Crippen LogP contribution in [-0.2, 0) is 9.53 Å². The third-order valence-corrected chi connectivity index (χ3v) is 5.08. The molecule has 3 heterocycles. The third kappa shape index (κ3) is 2.95. The molecule has 3 fully saturated rings. The van der Waals surface area contributed by atoms with E-state index in [0.29, 0.717) is 24.1 Å². The van der Waals surface area contributed by atoms with Crippen molar-refractivity contribution < 1.29 is 9.53 Å². The zero-order chi connectivity index (χ0) is 13.2. The molecule has 2 unspecified atom stereocenters. The number of hydrogen-bond donors (Lipinski definition) is 0. The lowest BCUT2D eigenvalue weighted by Crippen LogP contribution is -2.47. The molecule has 0 aromatic heterocycles. The minimum atomic E-state index is 0.394. The molecule has 0 bridgehead atoms. The van der Waals surface area contributed by atoms with Crippen LogP contribution in [0.1, 0.15) is 44.9 Å². The monoisotopic (exact) mass is 266 g/mol. The minimum Gasteiger partial charge on any atom is -0.377 e. The molecule has 0 radical (unpaired) electrons. The number of ether oxygens (including phenoxy) is 1. The molecule has 3 atom stereocenters. The molecule has 3 aliphatic rings. The van der Waals surface area contributed by atoms with Crippen LogP contribution in [0.5, 0.6) is 0 Å². The number of rotatable bonds is 3. The Kier molecular flexibility index (Phi) is 4.08. The van der Waals surface area contributed by atoms with Crippen molar-refractivity contribution in [2.75, 3.05) is 26.7 Å². The number of carbonyl (C=O) groups excluding carboxylic acids is 1. The van der Waals surface area contributed by atoms with Gasteiger partial charge in [0.15, 0.2) is 0 Å². The Bertz CT molecular complexity index is 330. The first kappa shape index (κ1) is 13.4. The van der Waals surface area contributed by atoms with Crippen molar-refractivity contribution in [3.63, 3.8) is 0 Å². The molecule has 3 aliphatic heterocycles. The second-order valence-corrected chi connectivity index (χ2v) is 6.39. The predicted octanol–water partition coefficient (Wildman–Crippen LogP) is 1.64. The second kappa shape index (κ2) is 5.80. The molecule has 4 nitrogen and oxygen atoms in total. The van der Waals surface area contributed by atoms with Gasteiger partial charge in [-0.05, 0) is 45.6 Å². The Morgan fingerprint density at radius 2 is 2.16 bits per heavy atom. The lowest BCUT2D eigenvalue weighted by molar-refractivity contribution is -0.133. The number of likely N-dealkylation sites (N-methyl/N-ethyl adjacent to an activating group) is 1. The summed E-state index contributed by atoms with van der Waals surface area (Å²) in [6.45, 7) is 2.99.